The number of nitrogens with zero attached hydrogens (tertiary/aromatic N) is 5. The van der Waals surface area contributed by atoms with E-state index in [1.54, 1.807) is 0 Å². The summed E-state index contributed by atoms with van der Waals surface area (Å²) < 4.78 is 2.29. The molecule has 3 rings (SSSR count). The fraction of sp³-hybridized carbons (Fsp3) is 0.824. The molecule has 1 saturated heterocycles. The molecular weight excluding hydrogens is 415 g/mol. The summed E-state index contributed by atoms with van der Waals surface area (Å²) in [6.07, 6.45) is 7.32. The van der Waals surface area contributed by atoms with Gasteiger partial charge in [0.1, 0.15) is 12.4 Å². The summed E-state index contributed by atoms with van der Waals surface area (Å²) in [6, 6.07) is 0. The fourth-order valence-corrected chi connectivity index (χ4v) is 3.45. The van der Waals surface area contributed by atoms with Crippen LogP contribution in [0, 0.1) is 5.92 Å². The Hall–Kier alpha value is -0.860. The van der Waals surface area contributed by atoms with Gasteiger partial charge in [0.05, 0.1) is 0 Å². The van der Waals surface area contributed by atoms with Crippen LogP contribution in [0.4, 0.5) is 0 Å². The van der Waals surface area contributed by atoms with Gasteiger partial charge in [-0.3, -0.25) is 0 Å². The van der Waals surface area contributed by atoms with Crippen LogP contribution in [-0.4, -0.2) is 45.3 Å². The lowest BCUT2D eigenvalue weighted by atomic mass is 10.00. The molecule has 136 valence electrons. The van der Waals surface area contributed by atoms with Crippen molar-refractivity contribution in [3.8, 4) is 0 Å². The van der Waals surface area contributed by atoms with Gasteiger partial charge in [-0.1, -0.05) is 13.3 Å². The van der Waals surface area contributed by atoms with Crippen molar-refractivity contribution in [3.05, 3.63) is 11.6 Å². The summed E-state index contributed by atoms with van der Waals surface area (Å²) in [5, 5.41) is 12.2. The quantitative estimate of drug-likeness (QED) is 0.441. The van der Waals surface area contributed by atoms with Crippen molar-refractivity contribution < 1.29 is 0 Å². The molecule has 0 amide bonds. The monoisotopic (exact) mass is 446 g/mol. The number of hydrogen-bond acceptors (Lipinski definition) is 3. The zero-order chi connectivity index (χ0) is 16.1. The summed E-state index contributed by atoms with van der Waals surface area (Å²) in [6.45, 7) is 9.25. The molecule has 0 bridgehead atoms. The van der Waals surface area contributed by atoms with E-state index in [0.717, 1.165) is 56.1 Å². The molecule has 24 heavy (non-hydrogen) atoms. The van der Waals surface area contributed by atoms with Gasteiger partial charge in [0.25, 0.3) is 0 Å². The number of aliphatic imine (C=N–C) groups is 1. The van der Waals surface area contributed by atoms with Gasteiger partial charge in [-0.05, 0) is 38.5 Å². The van der Waals surface area contributed by atoms with Gasteiger partial charge in [-0.25, -0.2) is 4.99 Å². The Labute approximate surface area is 162 Å². The molecule has 0 spiro atoms. The van der Waals surface area contributed by atoms with Crippen LogP contribution in [0.2, 0.25) is 0 Å². The molecule has 0 unspecified atom stereocenters. The van der Waals surface area contributed by atoms with Crippen LogP contribution in [0.3, 0.4) is 0 Å². The number of halogens is 1. The molecule has 7 heteroatoms. The molecule has 0 radical (unpaired) electrons. The van der Waals surface area contributed by atoms with Gasteiger partial charge in [0.2, 0.25) is 0 Å². The number of rotatable bonds is 3. The van der Waals surface area contributed by atoms with E-state index in [0.29, 0.717) is 6.54 Å². The van der Waals surface area contributed by atoms with E-state index in [4.69, 9.17) is 4.99 Å². The lowest BCUT2D eigenvalue weighted by molar-refractivity contribution is 0.273. The molecule has 2 aliphatic rings. The lowest BCUT2D eigenvalue weighted by Crippen LogP contribution is -2.45. The maximum Gasteiger partial charge on any atom is 0.194 e. The average molecular weight is 446 g/mol. The van der Waals surface area contributed by atoms with Crippen LogP contribution in [0.15, 0.2) is 4.99 Å². The zero-order valence-electron chi connectivity index (χ0n) is 15.0. The number of aromatic nitrogens is 3. The third-order valence-electron chi connectivity index (χ3n) is 4.97. The predicted molar refractivity (Wildman–Crippen MR) is 108 cm³/mol. The Morgan fingerprint density at radius 3 is 2.71 bits per heavy atom. The summed E-state index contributed by atoms with van der Waals surface area (Å²) in [7, 11) is 0. The van der Waals surface area contributed by atoms with E-state index in [1.807, 2.05) is 0 Å². The first-order valence-corrected chi connectivity index (χ1v) is 9.22. The number of aryl methyl sites for hydroxylation is 1. The predicted octanol–water partition coefficient (Wildman–Crippen LogP) is 2.82. The second kappa shape index (κ2) is 9.58. The second-order valence-electron chi connectivity index (χ2n) is 6.83. The molecular formula is C17H31IN6. The van der Waals surface area contributed by atoms with E-state index in [1.165, 1.54) is 32.1 Å². The van der Waals surface area contributed by atoms with Crippen LogP contribution in [0.25, 0.3) is 0 Å². The first-order chi connectivity index (χ1) is 11.3. The topological polar surface area (TPSA) is 58.3 Å². The van der Waals surface area contributed by atoms with Crippen molar-refractivity contribution >= 4 is 29.9 Å². The Bertz CT molecular complexity index is 533. The van der Waals surface area contributed by atoms with Crippen LogP contribution >= 0.6 is 24.0 Å². The summed E-state index contributed by atoms with van der Waals surface area (Å²) in [4.78, 5) is 7.24. The second-order valence-corrected chi connectivity index (χ2v) is 6.83. The zero-order valence-corrected chi connectivity index (χ0v) is 17.3. The van der Waals surface area contributed by atoms with E-state index in [9.17, 15) is 0 Å². The van der Waals surface area contributed by atoms with E-state index >= 15 is 0 Å². The number of piperidine rings is 1. The van der Waals surface area contributed by atoms with E-state index < -0.39 is 0 Å². The number of guanidine groups is 1. The normalized spacial score (nSPS) is 19.4. The smallest absolute Gasteiger partial charge is 0.194 e. The summed E-state index contributed by atoms with van der Waals surface area (Å²) in [5.41, 5.74) is 0. The van der Waals surface area contributed by atoms with Crippen molar-refractivity contribution in [1.29, 1.82) is 0 Å². The molecule has 1 N–H and O–H groups in total. The maximum atomic E-state index is 4.85. The maximum absolute atomic E-state index is 4.85. The lowest BCUT2D eigenvalue weighted by Gasteiger charge is -2.32. The van der Waals surface area contributed by atoms with Crippen LogP contribution in [0.5, 0.6) is 0 Å². The molecule has 0 aromatic carbocycles. The molecule has 6 nitrogen and oxygen atoms in total. The Morgan fingerprint density at radius 2 is 1.96 bits per heavy atom. The van der Waals surface area contributed by atoms with Gasteiger partial charge in [0, 0.05) is 32.6 Å². The fourth-order valence-electron chi connectivity index (χ4n) is 3.45. The van der Waals surface area contributed by atoms with Gasteiger partial charge in [-0.15, -0.1) is 34.2 Å². The Kier molecular flexibility index (Phi) is 7.77. The molecule has 1 aromatic rings. The highest BCUT2D eigenvalue weighted by molar-refractivity contribution is 14.0. The Balaban J connectivity index is 0.00000208. The van der Waals surface area contributed by atoms with Crippen molar-refractivity contribution in [1.82, 2.24) is 25.0 Å². The molecule has 3 heterocycles. The molecule has 1 aromatic heterocycles. The number of hydrogen-bond donors (Lipinski definition) is 1. The first-order valence-electron chi connectivity index (χ1n) is 9.22. The largest absolute Gasteiger partial charge is 0.357 e. The van der Waals surface area contributed by atoms with Crippen molar-refractivity contribution in [2.24, 2.45) is 10.9 Å². The van der Waals surface area contributed by atoms with Gasteiger partial charge in [0.15, 0.2) is 11.8 Å². The van der Waals surface area contributed by atoms with Gasteiger partial charge >= 0.3 is 0 Å². The van der Waals surface area contributed by atoms with Gasteiger partial charge in [-0.2, -0.15) is 0 Å². The van der Waals surface area contributed by atoms with Crippen LogP contribution in [-0.2, 0) is 19.5 Å². The highest BCUT2D eigenvalue weighted by Crippen LogP contribution is 2.17. The highest BCUT2D eigenvalue weighted by atomic mass is 127. The van der Waals surface area contributed by atoms with Crippen molar-refractivity contribution in [2.45, 2.75) is 65.5 Å². The van der Waals surface area contributed by atoms with Crippen LogP contribution < -0.4 is 5.32 Å². The number of likely N-dealkylation sites (tertiary alicyclic amines) is 1. The van der Waals surface area contributed by atoms with E-state index in [2.05, 4.69) is 38.8 Å². The summed E-state index contributed by atoms with van der Waals surface area (Å²) in [5.74, 6) is 4.03. The molecule has 0 atom stereocenters. The molecule has 0 aliphatic carbocycles. The number of nitrogens with one attached hydrogen (secondary N) is 1. The molecule has 0 saturated carbocycles. The number of fused-ring (bicyclic) bond motifs is 1. The standard InChI is InChI=1S/C17H30N6.HI/c1-3-18-17(22-11-8-14(2)9-12-22)19-13-16-21-20-15-7-5-4-6-10-23(15)16;/h14H,3-13H2,1-2H3,(H,18,19);1H. The van der Waals surface area contributed by atoms with Crippen LogP contribution in [0.1, 0.15) is 57.6 Å². The minimum atomic E-state index is 0. The minimum Gasteiger partial charge on any atom is -0.357 e. The third-order valence-corrected chi connectivity index (χ3v) is 4.97. The SMILES string of the molecule is CCNC(=NCc1nnc2n1CCCCC2)N1CCC(C)CC1.I. The summed E-state index contributed by atoms with van der Waals surface area (Å²) >= 11 is 0. The molecule has 2 aliphatic heterocycles. The van der Waals surface area contributed by atoms with Gasteiger partial charge < -0.3 is 14.8 Å². The molecule has 1 fully saturated rings. The average Bonchev–Trinajstić information content (AvgIpc) is 2.79. The third kappa shape index (κ3) is 4.83. The minimum absolute atomic E-state index is 0. The Morgan fingerprint density at radius 1 is 1.17 bits per heavy atom. The van der Waals surface area contributed by atoms with E-state index in [-0.39, 0.29) is 24.0 Å². The first kappa shape index (κ1) is 19.5. The van der Waals surface area contributed by atoms with Crippen molar-refractivity contribution in [2.75, 3.05) is 19.6 Å². The highest BCUT2D eigenvalue weighted by Gasteiger charge is 2.19. The van der Waals surface area contributed by atoms with Crippen molar-refractivity contribution in [3.63, 3.8) is 0 Å².